The van der Waals surface area contributed by atoms with E-state index in [0.717, 1.165) is 0 Å². The number of carbonyl (C=O) groups excluding carboxylic acids is 1. The Kier molecular flexibility index (Phi) is 7.62. The van der Waals surface area contributed by atoms with Gasteiger partial charge in [0.2, 0.25) is 0 Å². The van der Waals surface area contributed by atoms with Gasteiger partial charge in [-0.25, -0.2) is 4.79 Å². The summed E-state index contributed by atoms with van der Waals surface area (Å²) in [5.41, 5.74) is 0.479. The van der Waals surface area contributed by atoms with E-state index in [1.165, 1.54) is 0 Å². The van der Waals surface area contributed by atoms with Crippen LogP contribution in [0.25, 0.3) is 0 Å². The number of methoxy groups -OCH3 is 2. The molecule has 5 heteroatoms. The number of esters is 1. The lowest BCUT2D eigenvalue weighted by molar-refractivity contribution is 0.0468. The van der Waals surface area contributed by atoms with Crippen LogP contribution in [0.3, 0.4) is 0 Å². The highest BCUT2D eigenvalue weighted by atomic mass is 16.5. The van der Waals surface area contributed by atoms with E-state index in [2.05, 4.69) is 0 Å². The molecule has 0 atom stereocenters. The van der Waals surface area contributed by atoms with Gasteiger partial charge in [0.15, 0.2) is 0 Å². The second-order valence-corrected chi connectivity index (χ2v) is 3.85. The third-order valence-electron chi connectivity index (χ3n) is 2.35. The normalized spacial score (nSPS) is 10.2. The van der Waals surface area contributed by atoms with Gasteiger partial charge in [0.05, 0.1) is 18.8 Å². The zero-order valence-corrected chi connectivity index (χ0v) is 11.4. The molecule has 1 aromatic rings. The Balaban J connectivity index is 2.43. The summed E-state index contributed by atoms with van der Waals surface area (Å²) in [6, 6.07) is 6.90. The van der Waals surface area contributed by atoms with Crippen molar-refractivity contribution in [3.05, 3.63) is 29.8 Å². The van der Waals surface area contributed by atoms with Crippen LogP contribution in [0.2, 0.25) is 0 Å². The molecule has 0 saturated carbocycles. The molecular weight excluding hydrogens is 248 g/mol. The minimum Gasteiger partial charge on any atom is -0.491 e. The smallest absolute Gasteiger partial charge is 0.338 e. The van der Waals surface area contributed by atoms with Crippen molar-refractivity contribution in [3.8, 4) is 5.75 Å². The molecule has 0 aliphatic carbocycles. The fourth-order valence-corrected chi connectivity index (χ4v) is 1.41. The van der Waals surface area contributed by atoms with Crippen LogP contribution in [0.4, 0.5) is 0 Å². The van der Waals surface area contributed by atoms with E-state index in [9.17, 15) is 4.79 Å². The lowest BCUT2D eigenvalue weighted by Crippen LogP contribution is -2.09. The topological polar surface area (TPSA) is 54.0 Å². The van der Waals surface area contributed by atoms with Gasteiger partial charge in [-0.1, -0.05) is 6.07 Å². The predicted octanol–water partition coefficient (Wildman–Crippen LogP) is 1.91. The molecular formula is C14H20O5. The second kappa shape index (κ2) is 9.35. The van der Waals surface area contributed by atoms with E-state index in [1.54, 1.807) is 38.5 Å². The predicted molar refractivity (Wildman–Crippen MR) is 70.6 cm³/mol. The van der Waals surface area contributed by atoms with Crippen LogP contribution < -0.4 is 4.74 Å². The number of carbonyl (C=O) groups is 1. The standard InChI is InChI=1S/C14H20O5/c1-16-7-4-8-19-14(15)12-5-3-6-13(11-12)18-10-9-17-2/h3,5-6,11H,4,7-10H2,1-2H3. The molecule has 106 valence electrons. The molecule has 0 aliphatic heterocycles. The summed E-state index contributed by atoms with van der Waals surface area (Å²) in [4.78, 5) is 11.7. The summed E-state index contributed by atoms with van der Waals surface area (Å²) in [7, 11) is 3.22. The maximum Gasteiger partial charge on any atom is 0.338 e. The van der Waals surface area contributed by atoms with Crippen molar-refractivity contribution in [3.63, 3.8) is 0 Å². The monoisotopic (exact) mass is 268 g/mol. The first kappa shape index (κ1) is 15.5. The van der Waals surface area contributed by atoms with Crippen molar-refractivity contribution >= 4 is 5.97 Å². The lowest BCUT2D eigenvalue weighted by atomic mass is 10.2. The van der Waals surface area contributed by atoms with Crippen molar-refractivity contribution in [2.24, 2.45) is 0 Å². The van der Waals surface area contributed by atoms with Gasteiger partial charge < -0.3 is 18.9 Å². The number of ether oxygens (including phenoxy) is 4. The van der Waals surface area contributed by atoms with Gasteiger partial charge in [-0.2, -0.15) is 0 Å². The molecule has 0 heterocycles. The second-order valence-electron chi connectivity index (χ2n) is 3.85. The molecule has 0 amide bonds. The highest BCUT2D eigenvalue weighted by Crippen LogP contribution is 2.14. The summed E-state index contributed by atoms with van der Waals surface area (Å²) in [6.07, 6.45) is 0.687. The average molecular weight is 268 g/mol. The average Bonchev–Trinajstić information content (AvgIpc) is 2.44. The fraction of sp³-hybridized carbons (Fsp3) is 0.500. The van der Waals surface area contributed by atoms with Gasteiger partial charge in [-0.3, -0.25) is 0 Å². The molecule has 0 aliphatic rings. The zero-order valence-electron chi connectivity index (χ0n) is 11.4. The highest BCUT2D eigenvalue weighted by molar-refractivity contribution is 5.89. The van der Waals surface area contributed by atoms with E-state index < -0.39 is 0 Å². The Morgan fingerprint density at radius 1 is 1.05 bits per heavy atom. The van der Waals surface area contributed by atoms with Crippen LogP contribution in [-0.2, 0) is 14.2 Å². The number of hydrogen-bond acceptors (Lipinski definition) is 5. The number of rotatable bonds is 9. The summed E-state index contributed by atoms with van der Waals surface area (Å²) >= 11 is 0. The molecule has 0 N–H and O–H groups in total. The molecule has 0 aromatic heterocycles. The third-order valence-corrected chi connectivity index (χ3v) is 2.35. The molecule has 19 heavy (non-hydrogen) atoms. The van der Waals surface area contributed by atoms with Crippen LogP contribution in [0, 0.1) is 0 Å². The molecule has 1 rings (SSSR count). The molecule has 0 spiro atoms. The SMILES string of the molecule is COCCCOC(=O)c1cccc(OCCOC)c1. The number of benzene rings is 1. The molecule has 5 nitrogen and oxygen atoms in total. The van der Waals surface area contributed by atoms with E-state index in [4.69, 9.17) is 18.9 Å². The van der Waals surface area contributed by atoms with Gasteiger partial charge in [0, 0.05) is 27.2 Å². The summed E-state index contributed by atoms with van der Waals surface area (Å²) in [6.45, 7) is 1.88. The van der Waals surface area contributed by atoms with Gasteiger partial charge in [-0.05, 0) is 18.2 Å². The Hall–Kier alpha value is -1.59. The van der Waals surface area contributed by atoms with Crippen LogP contribution >= 0.6 is 0 Å². The molecule has 0 saturated heterocycles. The minimum atomic E-state index is -0.353. The molecule has 0 radical (unpaired) electrons. The Morgan fingerprint density at radius 2 is 1.84 bits per heavy atom. The van der Waals surface area contributed by atoms with E-state index in [1.807, 2.05) is 0 Å². The van der Waals surface area contributed by atoms with Crippen LogP contribution in [0.1, 0.15) is 16.8 Å². The first-order valence-electron chi connectivity index (χ1n) is 6.15. The Morgan fingerprint density at radius 3 is 2.58 bits per heavy atom. The van der Waals surface area contributed by atoms with Crippen molar-refractivity contribution in [1.29, 1.82) is 0 Å². The summed E-state index contributed by atoms with van der Waals surface area (Å²) in [5, 5.41) is 0. The minimum absolute atomic E-state index is 0.349. The molecule has 1 aromatic carbocycles. The molecule has 0 bridgehead atoms. The third kappa shape index (κ3) is 6.22. The summed E-state index contributed by atoms with van der Waals surface area (Å²) < 4.78 is 20.3. The van der Waals surface area contributed by atoms with Gasteiger partial charge in [-0.15, -0.1) is 0 Å². The Labute approximate surface area is 113 Å². The zero-order chi connectivity index (χ0) is 13.9. The van der Waals surface area contributed by atoms with Crippen molar-refractivity contribution in [1.82, 2.24) is 0 Å². The van der Waals surface area contributed by atoms with Crippen LogP contribution in [-0.4, -0.2) is 46.6 Å². The van der Waals surface area contributed by atoms with Gasteiger partial charge in [0.1, 0.15) is 12.4 Å². The van der Waals surface area contributed by atoms with Gasteiger partial charge in [0.25, 0.3) is 0 Å². The maximum atomic E-state index is 11.7. The van der Waals surface area contributed by atoms with Crippen LogP contribution in [0.5, 0.6) is 5.75 Å². The van der Waals surface area contributed by atoms with E-state index in [-0.39, 0.29) is 5.97 Å². The largest absolute Gasteiger partial charge is 0.491 e. The number of hydrogen-bond donors (Lipinski definition) is 0. The Bertz CT molecular complexity index is 378. The van der Waals surface area contributed by atoms with Crippen molar-refractivity contribution in [2.75, 3.05) is 40.6 Å². The van der Waals surface area contributed by atoms with E-state index >= 15 is 0 Å². The fourth-order valence-electron chi connectivity index (χ4n) is 1.41. The first-order chi connectivity index (χ1) is 9.27. The molecule has 0 fully saturated rings. The molecule has 0 unspecified atom stereocenters. The first-order valence-corrected chi connectivity index (χ1v) is 6.15. The highest BCUT2D eigenvalue weighted by Gasteiger charge is 2.08. The summed E-state index contributed by atoms with van der Waals surface area (Å²) in [5.74, 6) is 0.275. The quantitative estimate of drug-likeness (QED) is 0.506. The van der Waals surface area contributed by atoms with Crippen molar-refractivity contribution < 1.29 is 23.7 Å². The van der Waals surface area contributed by atoms with E-state index in [0.29, 0.717) is 44.2 Å². The van der Waals surface area contributed by atoms with Crippen LogP contribution in [0.15, 0.2) is 24.3 Å². The van der Waals surface area contributed by atoms with Crippen molar-refractivity contribution in [2.45, 2.75) is 6.42 Å². The maximum absolute atomic E-state index is 11.7. The van der Waals surface area contributed by atoms with Gasteiger partial charge >= 0.3 is 5.97 Å². The lowest BCUT2D eigenvalue weighted by Gasteiger charge is -2.08.